The van der Waals surface area contributed by atoms with Gasteiger partial charge in [0, 0.05) is 5.54 Å². The number of halogens is 2. The molecule has 5 heteroatoms. The molecule has 0 aliphatic carbocycles. The van der Waals surface area contributed by atoms with Crippen molar-refractivity contribution >= 4 is 0 Å². The Morgan fingerprint density at radius 1 is 1.47 bits per heavy atom. The topological polar surface area (TPSA) is 35.5 Å². The standard InChI is InChI=1S/C10H22F2N2O/c1-4-13-10(2,8-15)5-6-14(3)7-9(11)12/h9,13,15H,4-8H2,1-3H3. The van der Waals surface area contributed by atoms with Gasteiger partial charge in [-0.2, -0.15) is 0 Å². The highest BCUT2D eigenvalue weighted by molar-refractivity contribution is 4.82. The first-order chi connectivity index (χ1) is 6.93. The maximum absolute atomic E-state index is 12.0. The molecule has 0 amide bonds. The Kier molecular flexibility index (Phi) is 6.96. The van der Waals surface area contributed by atoms with Crippen LogP contribution < -0.4 is 5.32 Å². The summed E-state index contributed by atoms with van der Waals surface area (Å²) < 4.78 is 24.1. The molecule has 0 radical (unpaired) electrons. The smallest absolute Gasteiger partial charge is 0.251 e. The first-order valence-corrected chi connectivity index (χ1v) is 5.26. The van der Waals surface area contributed by atoms with Gasteiger partial charge in [0.2, 0.25) is 0 Å². The SMILES string of the molecule is CCNC(C)(CO)CCN(C)CC(F)F. The van der Waals surface area contributed by atoms with Crippen molar-refractivity contribution < 1.29 is 13.9 Å². The highest BCUT2D eigenvalue weighted by Crippen LogP contribution is 2.09. The zero-order chi connectivity index (χ0) is 11.9. The molecule has 0 fully saturated rings. The van der Waals surface area contributed by atoms with Crippen LogP contribution in [0.4, 0.5) is 8.78 Å². The van der Waals surface area contributed by atoms with Gasteiger partial charge in [-0.1, -0.05) is 6.92 Å². The summed E-state index contributed by atoms with van der Waals surface area (Å²) in [6, 6.07) is 0. The third-order valence-corrected chi connectivity index (χ3v) is 2.45. The zero-order valence-electron chi connectivity index (χ0n) is 9.76. The lowest BCUT2D eigenvalue weighted by Crippen LogP contribution is -2.47. The average molecular weight is 224 g/mol. The molecule has 0 saturated heterocycles. The molecule has 0 aliphatic rings. The van der Waals surface area contributed by atoms with Gasteiger partial charge in [-0.3, -0.25) is 0 Å². The number of likely N-dealkylation sites (N-methyl/N-ethyl adjacent to an activating group) is 1. The molecule has 0 aromatic heterocycles. The lowest BCUT2D eigenvalue weighted by atomic mass is 9.99. The molecule has 0 aromatic carbocycles. The average Bonchev–Trinajstić information content (AvgIpc) is 2.14. The van der Waals surface area contributed by atoms with E-state index in [4.69, 9.17) is 0 Å². The van der Waals surface area contributed by atoms with Gasteiger partial charge in [-0.05, 0) is 33.5 Å². The summed E-state index contributed by atoms with van der Waals surface area (Å²) in [7, 11) is 1.66. The molecule has 3 nitrogen and oxygen atoms in total. The Bertz CT molecular complexity index is 170. The quantitative estimate of drug-likeness (QED) is 0.644. The predicted octanol–water partition coefficient (Wildman–Crippen LogP) is 0.934. The van der Waals surface area contributed by atoms with Gasteiger partial charge in [-0.25, -0.2) is 8.78 Å². The zero-order valence-corrected chi connectivity index (χ0v) is 9.76. The van der Waals surface area contributed by atoms with E-state index in [1.807, 2.05) is 13.8 Å². The van der Waals surface area contributed by atoms with Crippen molar-refractivity contribution in [2.24, 2.45) is 0 Å². The van der Waals surface area contributed by atoms with Gasteiger partial charge in [0.1, 0.15) is 0 Å². The van der Waals surface area contributed by atoms with E-state index in [0.717, 1.165) is 6.54 Å². The molecule has 2 N–H and O–H groups in total. The van der Waals surface area contributed by atoms with E-state index >= 15 is 0 Å². The second-order valence-corrected chi connectivity index (χ2v) is 4.15. The summed E-state index contributed by atoms with van der Waals surface area (Å²) in [5, 5.41) is 12.3. The molecular weight excluding hydrogens is 202 g/mol. The van der Waals surface area contributed by atoms with Crippen molar-refractivity contribution in [2.75, 3.05) is 33.3 Å². The summed E-state index contributed by atoms with van der Waals surface area (Å²) in [6.07, 6.45) is -1.64. The summed E-state index contributed by atoms with van der Waals surface area (Å²) >= 11 is 0. The molecular formula is C10H22F2N2O. The Morgan fingerprint density at radius 3 is 2.47 bits per heavy atom. The van der Waals surface area contributed by atoms with Gasteiger partial charge in [0.05, 0.1) is 13.2 Å². The van der Waals surface area contributed by atoms with Crippen molar-refractivity contribution in [3.05, 3.63) is 0 Å². The summed E-state index contributed by atoms with van der Waals surface area (Å²) in [6.45, 7) is 4.96. The molecule has 0 aliphatic heterocycles. The third-order valence-electron chi connectivity index (χ3n) is 2.45. The maximum Gasteiger partial charge on any atom is 0.251 e. The van der Waals surface area contributed by atoms with Crippen LogP contribution in [-0.4, -0.2) is 55.3 Å². The molecule has 0 rings (SSSR count). The first kappa shape index (κ1) is 14.7. The fraction of sp³-hybridized carbons (Fsp3) is 1.00. The lowest BCUT2D eigenvalue weighted by molar-refractivity contribution is 0.0898. The molecule has 0 aromatic rings. The largest absolute Gasteiger partial charge is 0.394 e. The van der Waals surface area contributed by atoms with Crippen LogP contribution in [-0.2, 0) is 0 Å². The molecule has 0 spiro atoms. The van der Waals surface area contributed by atoms with Gasteiger partial charge < -0.3 is 15.3 Å². The number of rotatable bonds is 8. The molecule has 0 heterocycles. The molecule has 0 saturated carbocycles. The highest BCUT2D eigenvalue weighted by Gasteiger charge is 2.22. The highest BCUT2D eigenvalue weighted by atomic mass is 19.3. The van der Waals surface area contributed by atoms with E-state index in [1.165, 1.54) is 0 Å². The van der Waals surface area contributed by atoms with Gasteiger partial charge in [0.15, 0.2) is 0 Å². The van der Waals surface area contributed by atoms with E-state index in [-0.39, 0.29) is 18.7 Å². The monoisotopic (exact) mass is 224 g/mol. The molecule has 1 atom stereocenters. The Balaban J connectivity index is 3.88. The third kappa shape index (κ3) is 6.76. The van der Waals surface area contributed by atoms with Crippen LogP contribution in [0.1, 0.15) is 20.3 Å². The first-order valence-electron chi connectivity index (χ1n) is 5.26. The number of nitrogens with one attached hydrogen (secondary N) is 1. The minimum atomic E-state index is -2.30. The van der Waals surface area contributed by atoms with E-state index in [0.29, 0.717) is 13.0 Å². The number of hydrogen-bond donors (Lipinski definition) is 2. The van der Waals surface area contributed by atoms with Crippen molar-refractivity contribution in [1.29, 1.82) is 0 Å². The fourth-order valence-electron chi connectivity index (χ4n) is 1.41. The fourth-order valence-corrected chi connectivity index (χ4v) is 1.41. The van der Waals surface area contributed by atoms with Gasteiger partial charge >= 0.3 is 0 Å². The van der Waals surface area contributed by atoms with Crippen molar-refractivity contribution in [2.45, 2.75) is 32.2 Å². The number of aliphatic hydroxyl groups excluding tert-OH is 1. The van der Waals surface area contributed by atoms with Crippen LogP contribution in [0.3, 0.4) is 0 Å². The van der Waals surface area contributed by atoms with E-state index in [9.17, 15) is 13.9 Å². The van der Waals surface area contributed by atoms with Crippen LogP contribution >= 0.6 is 0 Å². The van der Waals surface area contributed by atoms with Crippen LogP contribution in [0.25, 0.3) is 0 Å². The Labute approximate surface area is 90.5 Å². The maximum atomic E-state index is 12.0. The molecule has 92 valence electrons. The van der Waals surface area contributed by atoms with Crippen molar-refractivity contribution in [3.63, 3.8) is 0 Å². The van der Waals surface area contributed by atoms with Crippen LogP contribution in [0.15, 0.2) is 0 Å². The predicted molar refractivity (Wildman–Crippen MR) is 57.3 cm³/mol. The Hall–Kier alpha value is -0.260. The number of nitrogens with zero attached hydrogens (tertiary/aromatic N) is 1. The van der Waals surface area contributed by atoms with Gasteiger partial charge in [0.25, 0.3) is 6.43 Å². The number of alkyl halides is 2. The van der Waals surface area contributed by atoms with Crippen molar-refractivity contribution in [3.8, 4) is 0 Å². The van der Waals surface area contributed by atoms with E-state index < -0.39 is 6.43 Å². The second kappa shape index (κ2) is 7.09. The summed E-state index contributed by atoms with van der Waals surface area (Å²) in [5.41, 5.74) is -0.370. The summed E-state index contributed by atoms with van der Waals surface area (Å²) in [4.78, 5) is 1.58. The molecule has 1 unspecified atom stereocenters. The van der Waals surface area contributed by atoms with E-state index in [2.05, 4.69) is 5.32 Å². The van der Waals surface area contributed by atoms with Crippen LogP contribution in [0, 0.1) is 0 Å². The second-order valence-electron chi connectivity index (χ2n) is 4.15. The Morgan fingerprint density at radius 2 is 2.07 bits per heavy atom. The van der Waals surface area contributed by atoms with E-state index in [1.54, 1.807) is 11.9 Å². The van der Waals surface area contributed by atoms with Crippen molar-refractivity contribution in [1.82, 2.24) is 10.2 Å². The van der Waals surface area contributed by atoms with Gasteiger partial charge in [-0.15, -0.1) is 0 Å². The molecule has 0 bridgehead atoms. The number of aliphatic hydroxyl groups is 1. The minimum absolute atomic E-state index is 0.0172. The van der Waals surface area contributed by atoms with Crippen LogP contribution in [0.2, 0.25) is 0 Å². The van der Waals surface area contributed by atoms with Crippen LogP contribution in [0.5, 0.6) is 0 Å². The normalized spacial score (nSPS) is 16.0. The molecule has 15 heavy (non-hydrogen) atoms. The minimum Gasteiger partial charge on any atom is -0.394 e. The summed E-state index contributed by atoms with van der Waals surface area (Å²) in [5.74, 6) is 0. The lowest BCUT2D eigenvalue weighted by Gasteiger charge is -2.30. The number of hydrogen-bond acceptors (Lipinski definition) is 3.